The first-order chi connectivity index (χ1) is 15.7. The molecule has 33 heavy (non-hydrogen) atoms. The van der Waals surface area contributed by atoms with Gasteiger partial charge < -0.3 is 30.9 Å². The Balaban J connectivity index is 1.46. The fourth-order valence-corrected chi connectivity index (χ4v) is 4.63. The zero-order valence-electron chi connectivity index (χ0n) is 18.8. The molecule has 0 bridgehead atoms. The number of aromatic nitrogens is 2. The van der Waals surface area contributed by atoms with E-state index in [1.807, 2.05) is 0 Å². The molecule has 0 aliphatic carbocycles. The quantitative estimate of drug-likeness (QED) is 0.590. The van der Waals surface area contributed by atoms with Crippen molar-refractivity contribution < 1.29 is 19.4 Å². The Kier molecular flexibility index (Phi) is 6.42. The molecule has 4 rings (SSSR count). The molecule has 2 aliphatic rings. The summed E-state index contributed by atoms with van der Waals surface area (Å²) in [6, 6.07) is 8.13. The van der Waals surface area contributed by atoms with Gasteiger partial charge in [0.1, 0.15) is 23.8 Å². The lowest BCUT2D eigenvalue weighted by Crippen LogP contribution is -2.58. The minimum absolute atomic E-state index is 0.0682. The molecule has 3 heterocycles. The number of hydrogen-bond acceptors (Lipinski definition) is 8. The molecule has 5 N–H and O–H groups in total. The third-order valence-corrected chi connectivity index (χ3v) is 6.57. The number of nitrogen functional groups attached to an aromatic ring is 1. The molecule has 178 valence electrons. The number of carbonyl (C=O) groups is 1. The van der Waals surface area contributed by atoms with Crippen molar-refractivity contribution in [2.75, 3.05) is 38.6 Å². The van der Waals surface area contributed by atoms with E-state index in [1.54, 1.807) is 48.4 Å². The Morgan fingerprint density at radius 1 is 1.33 bits per heavy atom. The maximum absolute atomic E-state index is 13.1. The van der Waals surface area contributed by atoms with Gasteiger partial charge in [0.2, 0.25) is 0 Å². The lowest BCUT2D eigenvalue weighted by atomic mass is 9.77. The van der Waals surface area contributed by atoms with Crippen LogP contribution < -0.4 is 21.9 Å². The van der Waals surface area contributed by atoms with Gasteiger partial charge in [0.25, 0.3) is 5.91 Å². The van der Waals surface area contributed by atoms with Gasteiger partial charge in [0, 0.05) is 37.8 Å². The predicted octanol–water partition coefficient (Wildman–Crippen LogP) is 0.550. The van der Waals surface area contributed by atoms with Crippen LogP contribution in [-0.4, -0.2) is 69.5 Å². The van der Waals surface area contributed by atoms with Crippen LogP contribution >= 0.6 is 0 Å². The number of hydrogen-bond donors (Lipinski definition) is 3. The summed E-state index contributed by atoms with van der Waals surface area (Å²) in [6.07, 6.45) is 3.22. The highest BCUT2D eigenvalue weighted by molar-refractivity contribution is 5.94. The van der Waals surface area contributed by atoms with E-state index in [2.05, 4.69) is 4.98 Å². The highest BCUT2D eigenvalue weighted by Crippen LogP contribution is 2.43. The molecule has 1 spiro atoms. The van der Waals surface area contributed by atoms with Crippen LogP contribution in [0.1, 0.15) is 42.6 Å². The van der Waals surface area contributed by atoms with Crippen molar-refractivity contribution >= 4 is 11.7 Å². The van der Waals surface area contributed by atoms with Crippen molar-refractivity contribution in [3.63, 3.8) is 0 Å². The number of carbonyl (C=O) groups excluding carboxylic acids is 1. The predicted molar refractivity (Wildman–Crippen MR) is 122 cm³/mol. The van der Waals surface area contributed by atoms with E-state index in [4.69, 9.17) is 20.9 Å². The van der Waals surface area contributed by atoms with Gasteiger partial charge >= 0.3 is 5.69 Å². The normalized spacial score (nSPS) is 24.6. The maximum atomic E-state index is 13.1. The molecule has 1 aromatic heterocycles. The molecular formula is C23H31N5O5. The molecule has 0 unspecified atom stereocenters. The topological polar surface area (TPSA) is 146 Å². The molecule has 10 nitrogen and oxygen atoms in total. The third-order valence-electron chi connectivity index (χ3n) is 6.57. The second-order valence-electron chi connectivity index (χ2n) is 9.05. The molecular weight excluding hydrogens is 426 g/mol. The smallest absolute Gasteiger partial charge is 0.349 e. The van der Waals surface area contributed by atoms with Gasteiger partial charge in [0.15, 0.2) is 0 Å². The Labute approximate surface area is 192 Å². The second kappa shape index (κ2) is 9.12. The highest BCUT2D eigenvalue weighted by atomic mass is 16.5. The van der Waals surface area contributed by atoms with E-state index in [1.165, 1.54) is 4.57 Å². The number of anilines is 1. The van der Waals surface area contributed by atoms with Gasteiger partial charge in [-0.2, -0.15) is 4.98 Å². The summed E-state index contributed by atoms with van der Waals surface area (Å²) in [7, 11) is 0. The molecule has 2 aromatic rings. The molecule has 2 saturated heterocycles. The van der Waals surface area contributed by atoms with Crippen molar-refractivity contribution in [1.82, 2.24) is 14.5 Å². The number of benzene rings is 1. The lowest BCUT2D eigenvalue weighted by Gasteiger charge is -2.51. The standard InChI is InChI=1S/C23H31N5O5/c1-22(31)15-33-23(14-18(22)28-9-5-19(25)26-21(28)30)6-10-27(11-7-23)20(29)16-3-2-4-17(13-16)32-12-8-24/h2-5,9,13,18,31H,6-8,10-12,14-15,24H2,1H3,(H2,25,26,30)/t18-,22-/m0/s1. The molecule has 2 aliphatic heterocycles. The summed E-state index contributed by atoms with van der Waals surface area (Å²) in [5.41, 5.74) is 9.40. The summed E-state index contributed by atoms with van der Waals surface area (Å²) in [5.74, 6) is 0.686. The molecule has 2 atom stereocenters. The van der Waals surface area contributed by atoms with Crippen LogP contribution in [0.5, 0.6) is 5.75 Å². The van der Waals surface area contributed by atoms with E-state index >= 15 is 0 Å². The summed E-state index contributed by atoms with van der Waals surface area (Å²) in [4.78, 5) is 31.1. The number of nitrogens with zero attached hydrogens (tertiary/aromatic N) is 3. The fraction of sp³-hybridized carbons (Fsp3) is 0.522. The lowest BCUT2D eigenvalue weighted by molar-refractivity contribution is -0.199. The zero-order valence-corrected chi connectivity index (χ0v) is 18.8. The van der Waals surface area contributed by atoms with Crippen molar-refractivity contribution in [3.05, 3.63) is 52.6 Å². The third kappa shape index (κ3) is 4.87. The van der Waals surface area contributed by atoms with Crippen molar-refractivity contribution in [3.8, 4) is 5.75 Å². The number of piperidine rings is 1. The van der Waals surface area contributed by atoms with Crippen LogP contribution in [0.4, 0.5) is 5.82 Å². The first-order valence-electron chi connectivity index (χ1n) is 11.2. The fourth-order valence-electron chi connectivity index (χ4n) is 4.63. The van der Waals surface area contributed by atoms with Crippen molar-refractivity contribution in [2.24, 2.45) is 5.73 Å². The number of rotatable bonds is 5. The summed E-state index contributed by atoms with van der Waals surface area (Å²) in [6.45, 7) is 3.55. The largest absolute Gasteiger partial charge is 0.492 e. The Morgan fingerprint density at radius 2 is 2.09 bits per heavy atom. The molecule has 0 saturated carbocycles. The SMILES string of the molecule is C[C@]1(O)COC2(CCN(C(=O)c3cccc(OCCN)c3)CC2)C[C@@H]1n1ccc(N)nc1=O. The molecule has 1 amide bonds. The molecule has 0 radical (unpaired) electrons. The van der Waals surface area contributed by atoms with Crippen LogP contribution in [0.25, 0.3) is 0 Å². The minimum atomic E-state index is -1.23. The van der Waals surface area contributed by atoms with Gasteiger partial charge in [-0.15, -0.1) is 0 Å². The van der Waals surface area contributed by atoms with Gasteiger partial charge in [0.05, 0.1) is 18.2 Å². The average molecular weight is 458 g/mol. The van der Waals surface area contributed by atoms with Gasteiger partial charge in [-0.25, -0.2) is 4.79 Å². The molecule has 1 aromatic carbocycles. The van der Waals surface area contributed by atoms with E-state index in [0.29, 0.717) is 56.8 Å². The van der Waals surface area contributed by atoms with Crippen LogP contribution in [0.2, 0.25) is 0 Å². The van der Waals surface area contributed by atoms with E-state index in [-0.39, 0.29) is 18.3 Å². The minimum Gasteiger partial charge on any atom is -0.492 e. The first kappa shape index (κ1) is 23.2. The average Bonchev–Trinajstić information content (AvgIpc) is 2.80. The number of ether oxygens (including phenoxy) is 2. The molecule has 2 fully saturated rings. The first-order valence-corrected chi connectivity index (χ1v) is 11.2. The van der Waals surface area contributed by atoms with Gasteiger partial charge in [-0.3, -0.25) is 9.36 Å². The van der Waals surface area contributed by atoms with Crippen LogP contribution in [-0.2, 0) is 4.74 Å². The van der Waals surface area contributed by atoms with E-state index in [0.717, 1.165) is 0 Å². The maximum Gasteiger partial charge on any atom is 0.349 e. The number of nitrogens with two attached hydrogens (primary N) is 2. The second-order valence-corrected chi connectivity index (χ2v) is 9.05. The monoisotopic (exact) mass is 457 g/mol. The van der Waals surface area contributed by atoms with Gasteiger partial charge in [-0.05, 0) is 44.0 Å². The van der Waals surface area contributed by atoms with Gasteiger partial charge in [-0.1, -0.05) is 6.07 Å². The summed E-state index contributed by atoms with van der Waals surface area (Å²) in [5, 5.41) is 10.9. The number of amides is 1. The Hall–Kier alpha value is -2.95. The van der Waals surface area contributed by atoms with E-state index in [9.17, 15) is 14.7 Å². The summed E-state index contributed by atoms with van der Waals surface area (Å²) >= 11 is 0. The number of aliphatic hydroxyl groups is 1. The van der Waals surface area contributed by atoms with Crippen molar-refractivity contribution in [2.45, 2.75) is 43.4 Å². The molecule has 10 heteroatoms. The van der Waals surface area contributed by atoms with E-state index < -0.39 is 22.9 Å². The van der Waals surface area contributed by atoms with Crippen molar-refractivity contribution in [1.29, 1.82) is 0 Å². The number of likely N-dealkylation sites (tertiary alicyclic amines) is 1. The zero-order chi connectivity index (χ0) is 23.6. The van der Waals surface area contributed by atoms with Crippen LogP contribution in [0.15, 0.2) is 41.3 Å². The van der Waals surface area contributed by atoms with Crippen LogP contribution in [0, 0.1) is 0 Å². The Morgan fingerprint density at radius 3 is 2.79 bits per heavy atom. The van der Waals surface area contributed by atoms with Crippen LogP contribution in [0.3, 0.4) is 0 Å². The Bertz CT molecular complexity index is 1060. The highest BCUT2D eigenvalue weighted by Gasteiger charge is 2.49. The summed E-state index contributed by atoms with van der Waals surface area (Å²) < 4.78 is 13.1.